The van der Waals surface area contributed by atoms with E-state index >= 15 is 0 Å². The van der Waals surface area contributed by atoms with E-state index in [0.29, 0.717) is 0 Å². The fourth-order valence-electron chi connectivity index (χ4n) is 2.21. The Labute approximate surface area is 151 Å². The predicted octanol–water partition coefficient (Wildman–Crippen LogP) is 3.09. The quantitative estimate of drug-likeness (QED) is 0.558. The van der Waals surface area contributed by atoms with Crippen LogP contribution in [0.3, 0.4) is 0 Å². The van der Waals surface area contributed by atoms with Crippen molar-refractivity contribution in [3.05, 3.63) is 0 Å². The summed E-state index contributed by atoms with van der Waals surface area (Å²) < 4.78 is 16.2. The molecule has 0 spiro atoms. The first-order valence-corrected chi connectivity index (χ1v) is 11.3. The summed E-state index contributed by atoms with van der Waals surface area (Å²) in [6, 6.07) is -1.03. The van der Waals surface area contributed by atoms with Crippen molar-refractivity contribution in [1.82, 2.24) is 4.90 Å². The maximum atomic E-state index is 12.8. The molecule has 1 saturated heterocycles. The summed E-state index contributed by atoms with van der Waals surface area (Å²) in [6.07, 6.45) is -1.62. The van der Waals surface area contributed by atoms with Crippen LogP contribution in [0.2, 0.25) is 18.1 Å². The fourth-order valence-corrected chi connectivity index (χ4v) is 3.48. The van der Waals surface area contributed by atoms with Gasteiger partial charge in [-0.05, 0) is 38.9 Å². The Morgan fingerprint density at radius 1 is 1.12 bits per heavy atom. The van der Waals surface area contributed by atoms with Crippen molar-refractivity contribution < 1.29 is 28.3 Å². The van der Waals surface area contributed by atoms with Gasteiger partial charge in [0.25, 0.3) is 5.91 Å². The van der Waals surface area contributed by atoms with Gasteiger partial charge in [-0.15, -0.1) is 0 Å². The van der Waals surface area contributed by atoms with Crippen LogP contribution in [0.25, 0.3) is 0 Å². The number of likely N-dealkylation sites (tertiary alicyclic amines) is 1. The van der Waals surface area contributed by atoms with Gasteiger partial charge in [0.1, 0.15) is 17.7 Å². The lowest BCUT2D eigenvalue weighted by Gasteiger charge is -2.37. The number of ether oxygens (including phenoxy) is 2. The molecule has 1 heterocycles. The van der Waals surface area contributed by atoms with Gasteiger partial charge in [0, 0.05) is 6.42 Å². The maximum absolute atomic E-state index is 12.8. The number of methoxy groups -OCH3 is 1. The van der Waals surface area contributed by atoms with E-state index in [2.05, 4.69) is 20.8 Å². The number of rotatable bonds is 3. The number of carbonyl (C=O) groups is 3. The third-order valence-electron chi connectivity index (χ3n) is 4.57. The molecule has 2 amide bonds. The van der Waals surface area contributed by atoms with Crippen molar-refractivity contribution in [2.45, 2.75) is 83.8 Å². The molecule has 2 atom stereocenters. The molecule has 1 aliphatic rings. The number of nitrogens with zero attached hydrogens (tertiary/aromatic N) is 1. The predicted molar refractivity (Wildman–Crippen MR) is 95.6 cm³/mol. The molecule has 1 rings (SSSR count). The van der Waals surface area contributed by atoms with Crippen LogP contribution in [-0.2, 0) is 23.5 Å². The molecule has 1 fully saturated rings. The van der Waals surface area contributed by atoms with E-state index in [4.69, 9.17) is 13.9 Å². The summed E-state index contributed by atoms with van der Waals surface area (Å²) in [6.45, 7) is 15.3. The van der Waals surface area contributed by atoms with E-state index in [0.717, 1.165) is 4.90 Å². The summed E-state index contributed by atoms with van der Waals surface area (Å²) >= 11 is 0. The van der Waals surface area contributed by atoms with Gasteiger partial charge in [-0.3, -0.25) is 4.79 Å². The summed E-state index contributed by atoms with van der Waals surface area (Å²) in [5.41, 5.74) is -0.781. The van der Waals surface area contributed by atoms with Crippen LogP contribution in [0.4, 0.5) is 4.79 Å². The SMILES string of the molecule is COC(=O)[C@@H]1CC(O[Si](C)(C)C(C)(C)C)C(=O)N1C(=O)OC(C)(C)C. The van der Waals surface area contributed by atoms with Crippen LogP contribution in [-0.4, -0.2) is 56.0 Å². The van der Waals surface area contributed by atoms with E-state index in [1.807, 2.05) is 13.1 Å². The van der Waals surface area contributed by atoms with Gasteiger partial charge in [-0.1, -0.05) is 20.8 Å². The Hall–Kier alpha value is -1.41. The van der Waals surface area contributed by atoms with E-state index < -0.39 is 44.0 Å². The minimum atomic E-state index is -2.25. The van der Waals surface area contributed by atoms with Gasteiger partial charge in [-0.2, -0.15) is 0 Å². The number of carbonyl (C=O) groups excluding carboxylic acids is 3. The lowest BCUT2D eigenvalue weighted by Crippen LogP contribution is -2.48. The Kier molecular flexibility index (Phi) is 6.12. The lowest BCUT2D eigenvalue weighted by atomic mass is 10.2. The number of esters is 1. The molecule has 0 saturated carbocycles. The molecule has 0 N–H and O–H groups in total. The van der Waals surface area contributed by atoms with Crippen molar-refractivity contribution in [3.8, 4) is 0 Å². The molecule has 0 aromatic carbocycles. The Bertz CT molecular complexity index is 546. The first-order chi connectivity index (χ1) is 11.1. The molecule has 7 nitrogen and oxygen atoms in total. The molecule has 0 bridgehead atoms. The third-order valence-corrected chi connectivity index (χ3v) is 9.05. The summed E-state index contributed by atoms with van der Waals surface area (Å²) in [4.78, 5) is 38.1. The second kappa shape index (κ2) is 7.07. The zero-order valence-corrected chi connectivity index (χ0v) is 17.8. The molecule has 8 heteroatoms. The molecule has 0 radical (unpaired) electrons. The minimum absolute atomic E-state index is 0.0806. The molecule has 144 valence electrons. The Morgan fingerprint density at radius 3 is 2.04 bits per heavy atom. The summed E-state index contributed by atoms with van der Waals surface area (Å²) in [7, 11) is -1.02. The van der Waals surface area contributed by atoms with E-state index in [-0.39, 0.29) is 11.5 Å². The molecule has 0 aliphatic carbocycles. The second-order valence-corrected chi connectivity index (χ2v) is 13.6. The van der Waals surface area contributed by atoms with Crippen LogP contribution in [0.5, 0.6) is 0 Å². The highest BCUT2D eigenvalue weighted by Gasteiger charge is 2.52. The zero-order chi connectivity index (χ0) is 19.8. The molecule has 1 unspecified atom stereocenters. The number of hydrogen-bond donors (Lipinski definition) is 0. The number of hydrogen-bond acceptors (Lipinski definition) is 6. The zero-order valence-electron chi connectivity index (χ0n) is 16.8. The Morgan fingerprint density at radius 2 is 1.64 bits per heavy atom. The number of amides is 2. The molecular formula is C17H31NO6Si. The highest BCUT2D eigenvalue weighted by molar-refractivity contribution is 6.74. The van der Waals surface area contributed by atoms with Crippen molar-refractivity contribution in [1.29, 1.82) is 0 Å². The van der Waals surface area contributed by atoms with Gasteiger partial charge in [0.2, 0.25) is 0 Å². The molecule has 25 heavy (non-hydrogen) atoms. The van der Waals surface area contributed by atoms with Crippen molar-refractivity contribution in [2.75, 3.05) is 7.11 Å². The van der Waals surface area contributed by atoms with Crippen molar-refractivity contribution in [2.24, 2.45) is 0 Å². The monoisotopic (exact) mass is 373 g/mol. The van der Waals surface area contributed by atoms with Crippen LogP contribution in [0, 0.1) is 0 Å². The average Bonchev–Trinajstić information content (AvgIpc) is 2.71. The highest BCUT2D eigenvalue weighted by atomic mass is 28.4. The van der Waals surface area contributed by atoms with Crippen LogP contribution < -0.4 is 0 Å². The fraction of sp³-hybridized carbons (Fsp3) is 0.824. The first kappa shape index (κ1) is 21.6. The van der Waals surface area contributed by atoms with Crippen LogP contribution in [0.1, 0.15) is 48.0 Å². The van der Waals surface area contributed by atoms with Crippen molar-refractivity contribution >= 4 is 26.3 Å². The van der Waals surface area contributed by atoms with E-state index in [9.17, 15) is 14.4 Å². The van der Waals surface area contributed by atoms with Gasteiger partial charge in [-0.25, -0.2) is 14.5 Å². The minimum Gasteiger partial charge on any atom is -0.467 e. The lowest BCUT2D eigenvalue weighted by molar-refractivity contribution is -0.149. The smallest absolute Gasteiger partial charge is 0.417 e. The average molecular weight is 374 g/mol. The topological polar surface area (TPSA) is 82.1 Å². The van der Waals surface area contributed by atoms with Crippen LogP contribution in [0.15, 0.2) is 0 Å². The van der Waals surface area contributed by atoms with Gasteiger partial charge in [0.15, 0.2) is 8.32 Å². The summed E-state index contributed by atoms with van der Waals surface area (Å²) in [5, 5.41) is -0.104. The molecule has 0 aromatic rings. The standard InChI is InChI=1S/C17H31NO6Si/c1-16(2,3)23-15(21)18-11(14(20)22-7)10-12(13(18)19)24-25(8,9)17(4,5)6/h11-12H,10H2,1-9H3/t11-,12?/m0/s1. The maximum Gasteiger partial charge on any atom is 0.417 e. The highest BCUT2D eigenvalue weighted by Crippen LogP contribution is 2.39. The summed E-state index contributed by atoms with van der Waals surface area (Å²) in [5.74, 6) is -1.20. The van der Waals surface area contributed by atoms with E-state index in [1.165, 1.54) is 7.11 Å². The van der Waals surface area contributed by atoms with Gasteiger partial charge in [0.05, 0.1) is 7.11 Å². The van der Waals surface area contributed by atoms with Gasteiger partial charge >= 0.3 is 12.1 Å². The first-order valence-electron chi connectivity index (χ1n) is 8.42. The van der Waals surface area contributed by atoms with E-state index in [1.54, 1.807) is 20.8 Å². The molecule has 1 aliphatic heterocycles. The largest absolute Gasteiger partial charge is 0.467 e. The van der Waals surface area contributed by atoms with Gasteiger partial charge < -0.3 is 13.9 Å². The third kappa shape index (κ3) is 5.04. The molecule has 0 aromatic heterocycles. The second-order valence-electron chi connectivity index (χ2n) is 8.83. The van der Waals surface area contributed by atoms with Crippen LogP contribution >= 0.6 is 0 Å². The van der Waals surface area contributed by atoms with Crippen molar-refractivity contribution in [3.63, 3.8) is 0 Å². The Balaban J connectivity index is 3.09. The normalized spacial score (nSPS) is 22.1. The number of imide groups is 1. The molecular weight excluding hydrogens is 342 g/mol.